The van der Waals surface area contributed by atoms with Crippen molar-refractivity contribution in [3.05, 3.63) is 34.9 Å². The van der Waals surface area contributed by atoms with Crippen LogP contribution in [-0.4, -0.2) is 122 Å². The Morgan fingerprint density at radius 1 is 0.412 bits per heavy atom. The van der Waals surface area contributed by atoms with Crippen LogP contribution >= 0.6 is 0 Å². The third kappa shape index (κ3) is 10.4. The van der Waals surface area contributed by atoms with Crippen molar-refractivity contribution >= 4 is 17.3 Å². The molecule has 3 N–H and O–H groups in total. The molecule has 12 heterocycles. The molecular weight excluding hydrogens is 1090 g/mol. The quantitative estimate of drug-likeness (QED) is 0.183. The van der Waals surface area contributed by atoms with Gasteiger partial charge in [-0.25, -0.2) is 29.3 Å². The smallest absolute Gasteiger partial charge is 0.201 e. The Kier molecular flexibility index (Phi) is 16.7. The van der Waals surface area contributed by atoms with Crippen LogP contribution in [0.4, 0.5) is 0 Å². The van der Waals surface area contributed by atoms with E-state index in [0.717, 1.165) is 103 Å². The number of hydrogen-bond donors (Lipinski definition) is 3. The van der Waals surface area contributed by atoms with Crippen LogP contribution in [0.3, 0.4) is 0 Å². The Labute approximate surface area is 502 Å². The Morgan fingerprint density at radius 3 is 1.01 bits per heavy atom. The molecule has 0 radical (unpaired) electrons. The molecule has 0 aromatic rings. The van der Waals surface area contributed by atoms with E-state index in [9.17, 15) is 29.7 Å². The molecule has 15 fully saturated rings. The summed E-state index contributed by atoms with van der Waals surface area (Å²) in [4.78, 5) is 72.3. The second-order valence-corrected chi connectivity index (χ2v) is 29.8. The molecule has 474 valence electrons. The fraction of sp³-hybridized carbons (Fsp3) is 0.866. The molecule has 6 bridgehead atoms. The molecule has 3 spiro atoms. The van der Waals surface area contributed by atoms with Crippen LogP contribution in [0.15, 0.2) is 34.9 Å². The van der Waals surface area contributed by atoms with Crippen LogP contribution in [-0.2, 0) is 72.1 Å². The molecule has 0 aromatic carbocycles. The highest BCUT2D eigenvalue weighted by Gasteiger charge is 2.72. The molecule has 12 saturated heterocycles. The maximum atomic E-state index is 12.3. The van der Waals surface area contributed by atoms with Gasteiger partial charge in [0.05, 0.1) is 36.6 Å². The second kappa shape index (κ2) is 23.1. The summed E-state index contributed by atoms with van der Waals surface area (Å²) in [6.45, 7) is 19.2. The Morgan fingerprint density at radius 2 is 0.718 bits per heavy atom. The van der Waals surface area contributed by atoms with E-state index in [1.165, 1.54) is 0 Å². The molecule has 18 rings (SSSR count). The highest BCUT2D eigenvalue weighted by molar-refractivity contribution is 5.99. The van der Waals surface area contributed by atoms with Crippen molar-refractivity contribution in [2.24, 2.45) is 71.0 Å². The van der Waals surface area contributed by atoms with Crippen molar-refractivity contribution in [1.82, 2.24) is 0 Å². The van der Waals surface area contributed by atoms with Gasteiger partial charge in [-0.3, -0.25) is 14.4 Å². The standard InChI is InChI=1S/C23H34O6.2C22H32O6/c1-13-8-9-17-14(2)20(12-19(25)15-6-4-5-7-18(15)24)26-21-23(17)16(13)10-11-22(3,27-21)28-29-23;2*1-12-7-8-16-13(2)19(11-18(24)14-5-4-6-17(14)23)25-20-22(16)15(12)9-10-21(3,26-20)27-28-22/h6,13-14,16-17,19-21,25H,4-5,7-12H2,1-3H3;2*5,12-13,15-16,18-20,24H,4,6-11H2,1-3H3/t13-,14-,16+,17+,19-,20-,21-,22+,23-;12-,13-,15+,16+,18+,19-,20-,21+,22-;12-,13-,15+,16+,18-,19-,20-,21+,22-/m111/s1. The highest BCUT2D eigenvalue weighted by Crippen LogP contribution is 2.64. The van der Waals surface area contributed by atoms with Gasteiger partial charge >= 0.3 is 0 Å². The first-order valence-corrected chi connectivity index (χ1v) is 33.4. The Hall–Kier alpha value is -2.37. The molecule has 18 aliphatic rings. The van der Waals surface area contributed by atoms with Crippen molar-refractivity contribution in [3.63, 3.8) is 0 Å². The Bertz CT molecular complexity index is 2530. The number of hydrogen-bond acceptors (Lipinski definition) is 18. The summed E-state index contributed by atoms with van der Waals surface area (Å²) in [6.07, 6.45) is 19.3. The molecule has 12 aliphatic heterocycles. The van der Waals surface area contributed by atoms with Crippen molar-refractivity contribution < 1.29 is 87.4 Å². The average molecular weight is 1190 g/mol. The van der Waals surface area contributed by atoms with Gasteiger partial charge in [0.15, 0.2) is 53.0 Å². The summed E-state index contributed by atoms with van der Waals surface area (Å²) in [5, 5.41) is 32.3. The second-order valence-electron chi connectivity index (χ2n) is 29.8. The fourth-order valence-electron chi connectivity index (χ4n) is 19.8. The molecule has 6 aliphatic carbocycles. The molecule has 0 unspecified atom stereocenters. The van der Waals surface area contributed by atoms with E-state index in [0.29, 0.717) is 90.8 Å². The lowest BCUT2D eigenvalue weighted by Crippen LogP contribution is -2.70. The van der Waals surface area contributed by atoms with Crippen LogP contribution in [0.25, 0.3) is 0 Å². The van der Waals surface area contributed by atoms with Crippen molar-refractivity contribution in [2.45, 2.75) is 293 Å². The SMILES string of the molecule is C[C@H]1[C@@H](C[C@@H](O)C2=CCCC2=O)O[C@@H]2O[C@]3(C)CC[C@H]4[C@H](C)CC[C@@H]1[C@@]24OO3.C[C@H]1[C@@H](C[C@@H](O)C2=CCCCC2=O)O[C@@H]2O[C@]3(C)CC[C@H]4[C@H](C)CC[C@@H]1[C@@]24OO3.C[C@H]1[C@@H](C[C@H](O)C2=CCCC2=O)O[C@@H]2O[C@]3(C)CC[C@H]4[C@H](C)CC[C@@H]1[C@@]24OO3. The van der Waals surface area contributed by atoms with Crippen molar-refractivity contribution in [3.8, 4) is 0 Å². The minimum absolute atomic E-state index is 0.0630. The molecule has 0 amide bonds. The maximum Gasteiger partial charge on any atom is 0.201 e. The van der Waals surface area contributed by atoms with Gasteiger partial charge in [0.1, 0.15) is 0 Å². The van der Waals surface area contributed by atoms with E-state index in [4.69, 9.17) is 57.7 Å². The van der Waals surface area contributed by atoms with Gasteiger partial charge in [0.2, 0.25) is 17.4 Å². The lowest BCUT2D eigenvalue weighted by Gasteiger charge is -2.60. The minimum Gasteiger partial charge on any atom is -0.388 e. The minimum atomic E-state index is -0.789. The number of ketones is 3. The zero-order valence-corrected chi connectivity index (χ0v) is 51.9. The van der Waals surface area contributed by atoms with Crippen LogP contribution in [0, 0.1) is 71.0 Å². The number of Topliss-reactive ketones (excluding diaryl/α,β-unsaturated/α-hetero) is 3. The number of aliphatic hydroxyl groups is 3. The monoisotopic (exact) mass is 1190 g/mol. The number of rotatable bonds is 9. The zero-order valence-electron chi connectivity index (χ0n) is 51.9. The van der Waals surface area contributed by atoms with Crippen molar-refractivity contribution in [1.29, 1.82) is 0 Å². The first-order valence-electron chi connectivity index (χ1n) is 33.4. The number of aliphatic hydroxyl groups excluding tert-OH is 3. The van der Waals surface area contributed by atoms with Crippen LogP contribution in [0.5, 0.6) is 0 Å². The van der Waals surface area contributed by atoms with E-state index in [-0.39, 0.29) is 71.2 Å². The number of ether oxygens (including phenoxy) is 6. The average Bonchev–Trinajstić information content (AvgIpc) is 1.77. The van der Waals surface area contributed by atoms with Crippen molar-refractivity contribution in [2.75, 3.05) is 0 Å². The number of carbonyl (C=O) groups is 3. The molecule has 27 atom stereocenters. The van der Waals surface area contributed by atoms with Gasteiger partial charge in [-0.1, -0.05) is 59.8 Å². The molecular formula is C67H98O18. The largest absolute Gasteiger partial charge is 0.388 e. The van der Waals surface area contributed by atoms with E-state index >= 15 is 0 Å². The maximum absolute atomic E-state index is 12.3. The number of allylic oxidation sites excluding steroid dienone is 3. The van der Waals surface area contributed by atoms with E-state index < -0.39 is 71.3 Å². The van der Waals surface area contributed by atoms with Gasteiger partial charge < -0.3 is 43.7 Å². The van der Waals surface area contributed by atoms with Gasteiger partial charge in [-0.05, 0) is 158 Å². The normalized spacial score (nSPS) is 51.1. The van der Waals surface area contributed by atoms with Gasteiger partial charge in [-0.2, -0.15) is 0 Å². The number of fused-ring (bicyclic) bond motifs is 6. The summed E-state index contributed by atoms with van der Waals surface area (Å²) < 4.78 is 38.6. The van der Waals surface area contributed by atoms with E-state index in [1.54, 1.807) is 0 Å². The predicted molar refractivity (Wildman–Crippen MR) is 304 cm³/mol. The number of carbonyl (C=O) groups excluding carboxylic acids is 3. The topological polar surface area (TPSA) is 223 Å². The molecule has 18 nitrogen and oxygen atoms in total. The van der Waals surface area contributed by atoms with Gasteiger partial charge in [0.25, 0.3) is 0 Å². The summed E-state index contributed by atoms with van der Waals surface area (Å²) in [6, 6.07) is 0. The summed E-state index contributed by atoms with van der Waals surface area (Å²) >= 11 is 0. The predicted octanol–water partition coefficient (Wildman–Crippen LogP) is 10.2. The third-order valence-corrected chi connectivity index (χ3v) is 24.7. The first-order chi connectivity index (χ1) is 40.5. The summed E-state index contributed by atoms with van der Waals surface area (Å²) in [5.41, 5.74) is -0.0397. The first kappa shape index (κ1) is 61.5. The summed E-state index contributed by atoms with van der Waals surface area (Å²) in [7, 11) is 0. The lowest BCUT2D eigenvalue weighted by molar-refractivity contribution is -0.571. The molecule has 0 aromatic heterocycles. The van der Waals surface area contributed by atoms with Crippen LogP contribution in [0.2, 0.25) is 0 Å². The third-order valence-electron chi connectivity index (χ3n) is 24.7. The highest BCUT2D eigenvalue weighted by atomic mass is 17.3. The van der Waals surface area contributed by atoms with Gasteiger partial charge in [-0.15, -0.1) is 0 Å². The molecule has 18 heteroatoms. The zero-order chi connectivity index (χ0) is 59.8. The molecule has 3 saturated carbocycles. The van der Waals surface area contributed by atoms with Crippen LogP contribution in [0.1, 0.15) is 204 Å². The Balaban J connectivity index is 0.000000119. The van der Waals surface area contributed by atoms with Gasteiger partial charge in [0, 0.05) is 92.3 Å². The molecule has 85 heavy (non-hydrogen) atoms. The fourth-order valence-corrected chi connectivity index (χ4v) is 19.8. The van der Waals surface area contributed by atoms with E-state index in [2.05, 4.69) is 41.5 Å². The summed E-state index contributed by atoms with van der Waals surface area (Å²) in [5.74, 6) is 1.77. The van der Waals surface area contributed by atoms with Crippen LogP contribution < -0.4 is 0 Å². The lowest BCUT2D eigenvalue weighted by atomic mass is 9.57. The van der Waals surface area contributed by atoms with E-state index in [1.807, 2.05) is 39.0 Å².